The van der Waals surface area contributed by atoms with Crippen molar-refractivity contribution < 1.29 is 4.79 Å². The Morgan fingerprint density at radius 3 is 2.73 bits per heavy atom. The van der Waals surface area contributed by atoms with Gasteiger partial charge in [0.1, 0.15) is 0 Å². The van der Waals surface area contributed by atoms with Crippen LogP contribution in [-0.4, -0.2) is 15.9 Å². The summed E-state index contributed by atoms with van der Waals surface area (Å²) >= 11 is 6.05. The highest BCUT2D eigenvalue weighted by molar-refractivity contribution is 6.30. The standard InChI is InChI=1S/C17H14ClN3O/c18-12-5-3-4-11(10-12)17(8-9-17)15(22)21-16-19-13-6-1-2-7-14(13)20-16/h1-7,10H,8-9H2,(H2,19,20,21,22). The second kappa shape index (κ2) is 4.85. The largest absolute Gasteiger partial charge is 0.324 e. The van der Waals surface area contributed by atoms with Crippen molar-refractivity contribution in [3.05, 3.63) is 59.1 Å². The van der Waals surface area contributed by atoms with Crippen LogP contribution in [0.3, 0.4) is 0 Å². The smallest absolute Gasteiger partial charge is 0.237 e. The van der Waals surface area contributed by atoms with Crippen molar-refractivity contribution in [2.45, 2.75) is 18.3 Å². The summed E-state index contributed by atoms with van der Waals surface area (Å²) in [5.41, 5.74) is 2.24. The van der Waals surface area contributed by atoms with Crippen molar-refractivity contribution in [1.29, 1.82) is 0 Å². The molecular formula is C17H14ClN3O. The highest BCUT2D eigenvalue weighted by Crippen LogP contribution is 2.49. The normalized spacial score (nSPS) is 15.7. The first-order valence-corrected chi connectivity index (χ1v) is 7.57. The van der Waals surface area contributed by atoms with Gasteiger partial charge in [-0.15, -0.1) is 0 Å². The molecule has 0 spiro atoms. The van der Waals surface area contributed by atoms with E-state index in [9.17, 15) is 4.79 Å². The number of carbonyl (C=O) groups excluding carboxylic acids is 1. The van der Waals surface area contributed by atoms with Gasteiger partial charge < -0.3 is 4.98 Å². The molecule has 0 aliphatic heterocycles. The molecule has 1 saturated carbocycles. The Morgan fingerprint density at radius 1 is 1.18 bits per heavy atom. The third kappa shape index (κ3) is 2.16. The Labute approximate surface area is 132 Å². The van der Waals surface area contributed by atoms with E-state index in [1.54, 1.807) is 0 Å². The Hall–Kier alpha value is -2.33. The zero-order valence-corrected chi connectivity index (χ0v) is 12.5. The van der Waals surface area contributed by atoms with Gasteiger partial charge in [0.25, 0.3) is 0 Å². The van der Waals surface area contributed by atoms with Gasteiger partial charge in [-0.3, -0.25) is 10.1 Å². The van der Waals surface area contributed by atoms with E-state index in [0.29, 0.717) is 11.0 Å². The van der Waals surface area contributed by atoms with Crippen LogP contribution < -0.4 is 5.32 Å². The first-order valence-electron chi connectivity index (χ1n) is 7.20. The van der Waals surface area contributed by atoms with Gasteiger partial charge in [-0.05, 0) is 42.7 Å². The summed E-state index contributed by atoms with van der Waals surface area (Å²) in [5, 5.41) is 3.56. The lowest BCUT2D eigenvalue weighted by atomic mass is 9.95. The van der Waals surface area contributed by atoms with Crippen LogP contribution in [0.15, 0.2) is 48.5 Å². The zero-order valence-electron chi connectivity index (χ0n) is 11.8. The van der Waals surface area contributed by atoms with Gasteiger partial charge in [-0.1, -0.05) is 35.9 Å². The number of amides is 1. The number of anilines is 1. The molecule has 22 heavy (non-hydrogen) atoms. The van der Waals surface area contributed by atoms with Crippen LogP contribution in [0.4, 0.5) is 5.95 Å². The highest BCUT2D eigenvalue weighted by Gasteiger charge is 2.51. The van der Waals surface area contributed by atoms with Crippen LogP contribution in [0.5, 0.6) is 0 Å². The van der Waals surface area contributed by atoms with E-state index in [1.807, 2.05) is 48.5 Å². The van der Waals surface area contributed by atoms with Crippen LogP contribution in [0.2, 0.25) is 5.02 Å². The lowest BCUT2D eigenvalue weighted by molar-refractivity contribution is -0.118. The maximum Gasteiger partial charge on any atom is 0.237 e. The molecule has 2 aromatic carbocycles. The van der Waals surface area contributed by atoms with E-state index in [2.05, 4.69) is 15.3 Å². The van der Waals surface area contributed by atoms with Gasteiger partial charge in [0.15, 0.2) is 0 Å². The number of hydrogen-bond acceptors (Lipinski definition) is 2. The number of para-hydroxylation sites is 2. The molecule has 0 bridgehead atoms. The monoisotopic (exact) mass is 311 g/mol. The third-order valence-corrected chi connectivity index (χ3v) is 4.42. The number of rotatable bonds is 3. The molecule has 0 radical (unpaired) electrons. The molecule has 4 nitrogen and oxygen atoms in total. The number of halogens is 1. The lowest BCUT2D eigenvalue weighted by Crippen LogP contribution is -2.28. The molecular weight excluding hydrogens is 298 g/mol. The van der Waals surface area contributed by atoms with Crippen LogP contribution in [-0.2, 0) is 10.2 Å². The van der Waals surface area contributed by atoms with Crippen molar-refractivity contribution in [3.8, 4) is 0 Å². The number of nitrogens with one attached hydrogen (secondary N) is 2. The molecule has 1 aliphatic carbocycles. The molecule has 5 heteroatoms. The van der Waals surface area contributed by atoms with Gasteiger partial charge in [-0.2, -0.15) is 0 Å². The average Bonchev–Trinajstić information content (AvgIpc) is 3.23. The maximum atomic E-state index is 12.7. The van der Waals surface area contributed by atoms with E-state index in [-0.39, 0.29) is 5.91 Å². The molecule has 3 aromatic rings. The number of fused-ring (bicyclic) bond motifs is 1. The van der Waals surface area contributed by atoms with Gasteiger partial charge in [0.05, 0.1) is 16.4 Å². The summed E-state index contributed by atoms with van der Waals surface area (Å²) in [4.78, 5) is 20.2. The summed E-state index contributed by atoms with van der Waals surface area (Å²) in [7, 11) is 0. The molecule has 0 atom stereocenters. The number of aromatic nitrogens is 2. The van der Waals surface area contributed by atoms with Gasteiger partial charge in [-0.25, -0.2) is 4.98 Å². The van der Waals surface area contributed by atoms with Gasteiger partial charge >= 0.3 is 0 Å². The van der Waals surface area contributed by atoms with E-state index in [1.165, 1.54) is 0 Å². The summed E-state index contributed by atoms with van der Waals surface area (Å²) in [5.74, 6) is 0.452. The van der Waals surface area contributed by atoms with Crippen molar-refractivity contribution >= 4 is 34.5 Å². The van der Waals surface area contributed by atoms with Gasteiger partial charge in [0.2, 0.25) is 11.9 Å². The fourth-order valence-corrected chi connectivity index (χ4v) is 2.99. The number of aromatic amines is 1. The molecule has 1 heterocycles. The summed E-state index contributed by atoms with van der Waals surface area (Å²) in [6, 6.07) is 15.2. The quantitative estimate of drug-likeness (QED) is 0.771. The van der Waals surface area contributed by atoms with Crippen molar-refractivity contribution in [2.75, 3.05) is 5.32 Å². The SMILES string of the molecule is O=C(Nc1nc2ccccc2[nH]1)C1(c2cccc(Cl)c2)CC1. The average molecular weight is 312 g/mol. The highest BCUT2D eigenvalue weighted by atomic mass is 35.5. The van der Waals surface area contributed by atoms with E-state index < -0.39 is 5.41 Å². The molecule has 0 unspecified atom stereocenters. The minimum absolute atomic E-state index is 0.0335. The Kier molecular flexibility index (Phi) is 2.94. The summed E-state index contributed by atoms with van der Waals surface area (Å²) in [6.07, 6.45) is 1.67. The molecule has 1 amide bonds. The van der Waals surface area contributed by atoms with Crippen LogP contribution >= 0.6 is 11.6 Å². The zero-order chi connectivity index (χ0) is 15.2. The fourth-order valence-electron chi connectivity index (χ4n) is 2.80. The molecule has 110 valence electrons. The van der Waals surface area contributed by atoms with E-state index in [0.717, 1.165) is 29.4 Å². The fraction of sp³-hybridized carbons (Fsp3) is 0.176. The minimum Gasteiger partial charge on any atom is -0.324 e. The molecule has 0 saturated heterocycles. The van der Waals surface area contributed by atoms with Crippen LogP contribution in [0, 0.1) is 0 Å². The van der Waals surface area contributed by atoms with Gasteiger partial charge in [0, 0.05) is 5.02 Å². The number of nitrogens with zero attached hydrogens (tertiary/aromatic N) is 1. The molecule has 1 aromatic heterocycles. The number of H-pyrrole nitrogens is 1. The molecule has 2 N–H and O–H groups in total. The predicted octanol–water partition coefficient (Wildman–Crippen LogP) is 3.89. The first kappa shape index (κ1) is 13.3. The Balaban J connectivity index is 1.61. The number of benzene rings is 2. The Morgan fingerprint density at radius 2 is 2.00 bits per heavy atom. The second-order valence-electron chi connectivity index (χ2n) is 5.65. The number of carbonyl (C=O) groups is 1. The maximum absolute atomic E-state index is 12.7. The van der Waals surface area contributed by atoms with Crippen molar-refractivity contribution in [2.24, 2.45) is 0 Å². The molecule has 4 rings (SSSR count). The number of hydrogen-bond donors (Lipinski definition) is 2. The molecule has 1 fully saturated rings. The third-order valence-electron chi connectivity index (χ3n) is 4.18. The topological polar surface area (TPSA) is 57.8 Å². The van der Waals surface area contributed by atoms with E-state index >= 15 is 0 Å². The van der Waals surface area contributed by atoms with E-state index in [4.69, 9.17) is 11.6 Å². The second-order valence-corrected chi connectivity index (χ2v) is 6.09. The van der Waals surface area contributed by atoms with Crippen molar-refractivity contribution in [1.82, 2.24) is 9.97 Å². The van der Waals surface area contributed by atoms with Crippen molar-refractivity contribution in [3.63, 3.8) is 0 Å². The first-order chi connectivity index (χ1) is 10.7. The summed E-state index contributed by atoms with van der Waals surface area (Å²) in [6.45, 7) is 0. The number of imidazole rings is 1. The lowest BCUT2D eigenvalue weighted by Gasteiger charge is -2.14. The van der Waals surface area contributed by atoms with Crippen LogP contribution in [0.25, 0.3) is 11.0 Å². The summed E-state index contributed by atoms with van der Waals surface area (Å²) < 4.78 is 0. The van der Waals surface area contributed by atoms with Crippen LogP contribution in [0.1, 0.15) is 18.4 Å². The molecule has 1 aliphatic rings. The minimum atomic E-state index is -0.468. The Bertz CT molecular complexity index is 834. The predicted molar refractivity (Wildman–Crippen MR) is 87.1 cm³/mol.